The number of amides is 1. The molecule has 2 atom stereocenters. The summed E-state index contributed by atoms with van der Waals surface area (Å²) in [6.07, 6.45) is 1.64. The molecule has 122 valence electrons. The van der Waals surface area contributed by atoms with Crippen LogP contribution >= 0.6 is 0 Å². The van der Waals surface area contributed by atoms with Crippen LogP contribution in [0.2, 0.25) is 0 Å². The molecule has 0 saturated heterocycles. The topological polar surface area (TPSA) is 82.2 Å². The van der Waals surface area contributed by atoms with Crippen molar-refractivity contribution in [2.45, 2.75) is 32.3 Å². The van der Waals surface area contributed by atoms with E-state index < -0.39 is 6.10 Å². The van der Waals surface area contributed by atoms with Crippen LogP contribution in [0, 0.1) is 0 Å². The van der Waals surface area contributed by atoms with Crippen LogP contribution in [0.5, 0.6) is 0 Å². The number of rotatable bonds is 7. The summed E-state index contributed by atoms with van der Waals surface area (Å²) in [5, 5.41) is 12.5. The van der Waals surface area contributed by atoms with E-state index in [1.54, 1.807) is 13.0 Å². The van der Waals surface area contributed by atoms with E-state index in [1.807, 2.05) is 30.3 Å². The monoisotopic (exact) mass is 314 g/mol. The smallest absolute Gasteiger partial charge is 0.267 e. The molecule has 1 aromatic carbocycles. The zero-order chi connectivity index (χ0) is 16.8. The van der Waals surface area contributed by atoms with Gasteiger partial charge in [0.15, 0.2) is 5.78 Å². The predicted octanol–water partition coefficient (Wildman–Crippen LogP) is 2.50. The maximum absolute atomic E-state index is 12.2. The van der Waals surface area contributed by atoms with Crippen molar-refractivity contribution in [2.24, 2.45) is 0 Å². The van der Waals surface area contributed by atoms with Gasteiger partial charge in [-0.1, -0.05) is 30.3 Å². The van der Waals surface area contributed by atoms with Gasteiger partial charge in [-0.2, -0.15) is 0 Å². The van der Waals surface area contributed by atoms with Gasteiger partial charge in [0, 0.05) is 24.2 Å². The number of aliphatic hydroxyl groups excluding tert-OH is 1. The van der Waals surface area contributed by atoms with Gasteiger partial charge in [-0.25, -0.2) is 0 Å². The van der Waals surface area contributed by atoms with Gasteiger partial charge in [-0.15, -0.1) is 0 Å². The molecule has 23 heavy (non-hydrogen) atoms. The van der Waals surface area contributed by atoms with Gasteiger partial charge in [-0.05, 0) is 31.9 Å². The van der Waals surface area contributed by atoms with E-state index in [4.69, 9.17) is 0 Å². The third-order valence-corrected chi connectivity index (χ3v) is 3.74. The number of hydrogen-bond donors (Lipinski definition) is 3. The number of Topliss-reactive ketones (excluding diaryl/α,β-unsaturated/α-hetero) is 1. The standard InChI is InChI=1S/C18H22N2O3/c1-12(21)8-16(14-6-4-3-5-7-14)11-20-18(23)17-9-15(10-19-17)13(2)22/h3-7,9-10,12,16,19,21H,8,11H2,1-2H3,(H,20,23). The largest absolute Gasteiger partial charge is 0.393 e. The fourth-order valence-corrected chi connectivity index (χ4v) is 2.51. The van der Waals surface area contributed by atoms with Gasteiger partial charge >= 0.3 is 0 Å². The van der Waals surface area contributed by atoms with Crippen LogP contribution in [-0.4, -0.2) is 34.4 Å². The number of aliphatic hydroxyl groups is 1. The van der Waals surface area contributed by atoms with Gasteiger partial charge in [0.25, 0.3) is 5.91 Å². The highest BCUT2D eigenvalue weighted by molar-refractivity contribution is 5.99. The predicted molar refractivity (Wildman–Crippen MR) is 88.6 cm³/mol. The third kappa shape index (κ3) is 4.79. The molecular formula is C18H22N2O3. The molecular weight excluding hydrogens is 292 g/mol. The van der Waals surface area contributed by atoms with Gasteiger partial charge in [0.05, 0.1) is 6.10 Å². The Balaban J connectivity index is 2.02. The maximum atomic E-state index is 12.2. The Kier molecular flexibility index (Phi) is 5.71. The minimum absolute atomic E-state index is 0.0300. The molecule has 1 aromatic heterocycles. The van der Waals surface area contributed by atoms with E-state index in [0.29, 0.717) is 24.2 Å². The zero-order valence-corrected chi connectivity index (χ0v) is 13.4. The number of hydrogen-bond acceptors (Lipinski definition) is 3. The second-order valence-electron chi connectivity index (χ2n) is 5.76. The number of carbonyl (C=O) groups excluding carboxylic acids is 2. The fraction of sp³-hybridized carbons (Fsp3) is 0.333. The van der Waals surface area contributed by atoms with Gasteiger partial charge in [0.1, 0.15) is 5.69 Å². The second kappa shape index (κ2) is 7.74. The summed E-state index contributed by atoms with van der Waals surface area (Å²) in [6, 6.07) is 11.3. The minimum Gasteiger partial charge on any atom is -0.393 e. The molecule has 0 aliphatic rings. The van der Waals surface area contributed by atoms with E-state index in [9.17, 15) is 14.7 Å². The number of benzene rings is 1. The Morgan fingerprint density at radius 1 is 1.26 bits per heavy atom. The Hall–Kier alpha value is -2.40. The molecule has 0 aliphatic carbocycles. The van der Waals surface area contributed by atoms with E-state index in [1.165, 1.54) is 13.1 Å². The molecule has 5 nitrogen and oxygen atoms in total. The quantitative estimate of drug-likeness (QED) is 0.687. The summed E-state index contributed by atoms with van der Waals surface area (Å²) in [4.78, 5) is 26.3. The van der Waals surface area contributed by atoms with Crippen molar-refractivity contribution in [2.75, 3.05) is 6.54 Å². The molecule has 0 saturated carbocycles. The molecule has 0 fully saturated rings. The first-order valence-electron chi connectivity index (χ1n) is 7.68. The van der Waals surface area contributed by atoms with Crippen LogP contribution in [-0.2, 0) is 0 Å². The van der Waals surface area contributed by atoms with E-state index >= 15 is 0 Å². The fourth-order valence-electron chi connectivity index (χ4n) is 2.51. The Morgan fingerprint density at radius 2 is 1.96 bits per heavy atom. The summed E-state index contributed by atoms with van der Waals surface area (Å²) in [5.41, 5.74) is 1.92. The molecule has 1 amide bonds. The highest BCUT2D eigenvalue weighted by Gasteiger charge is 2.17. The average molecular weight is 314 g/mol. The Labute approximate surface area is 135 Å². The van der Waals surface area contributed by atoms with E-state index in [-0.39, 0.29) is 17.6 Å². The lowest BCUT2D eigenvalue weighted by Gasteiger charge is -2.19. The highest BCUT2D eigenvalue weighted by Crippen LogP contribution is 2.20. The van der Waals surface area contributed by atoms with Crippen molar-refractivity contribution < 1.29 is 14.7 Å². The zero-order valence-electron chi connectivity index (χ0n) is 13.4. The van der Waals surface area contributed by atoms with Crippen molar-refractivity contribution in [3.8, 4) is 0 Å². The lowest BCUT2D eigenvalue weighted by molar-refractivity contribution is 0.0941. The average Bonchev–Trinajstić information content (AvgIpc) is 3.02. The molecule has 0 radical (unpaired) electrons. The first-order valence-corrected chi connectivity index (χ1v) is 7.68. The minimum atomic E-state index is -0.452. The van der Waals surface area contributed by atoms with Gasteiger partial charge in [0.2, 0.25) is 0 Å². The SMILES string of the molecule is CC(=O)c1c[nH]c(C(=O)NCC(CC(C)O)c2ccccc2)c1. The van der Waals surface area contributed by atoms with Crippen molar-refractivity contribution in [1.29, 1.82) is 0 Å². The van der Waals surface area contributed by atoms with Gasteiger partial charge in [-0.3, -0.25) is 9.59 Å². The summed E-state index contributed by atoms with van der Waals surface area (Å²) in [7, 11) is 0. The summed E-state index contributed by atoms with van der Waals surface area (Å²) < 4.78 is 0. The third-order valence-electron chi connectivity index (χ3n) is 3.74. The van der Waals surface area contributed by atoms with Crippen molar-refractivity contribution in [3.05, 3.63) is 59.4 Å². The number of aromatic amines is 1. The summed E-state index contributed by atoms with van der Waals surface area (Å²) in [5.74, 6) is -0.317. The molecule has 3 N–H and O–H groups in total. The first kappa shape index (κ1) is 17.0. The highest BCUT2D eigenvalue weighted by atomic mass is 16.3. The number of ketones is 1. The number of H-pyrrole nitrogens is 1. The Morgan fingerprint density at radius 3 is 2.52 bits per heavy atom. The molecule has 5 heteroatoms. The molecule has 0 spiro atoms. The summed E-state index contributed by atoms with van der Waals surface area (Å²) in [6.45, 7) is 3.61. The lowest BCUT2D eigenvalue weighted by atomic mass is 9.93. The maximum Gasteiger partial charge on any atom is 0.267 e. The van der Waals surface area contributed by atoms with Crippen molar-refractivity contribution in [1.82, 2.24) is 10.3 Å². The van der Waals surface area contributed by atoms with Crippen molar-refractivity contribution in [3.63, 3.8) is 0 Å². The normalized spacial score (nSPS) is 13.3. The second-order valence-corrected chi connectivity index (χ2v) is 5.76. The molecule has 0 aliphatic heterocycles. The van der Waals surface area contributed by atoms with Crippen LogP contribution < -0.4 is 5.32 Å². The van der Waals surface area contributed by atoms with E-state index in [0.717, 1.165) is 5.56 Å². The van der Waals surface area contributed by atoms with Crippen LogP contribution in [0.1, 0.15) is 52.6 Å². The first-order chi connectivity index (χ1) is 11.0. The van der Waals surface area contributed by atoms with Gasteiger partial charge < -0.3 is 15.4 Å². The van der Waals surface area contributed by atoms with Crippen molar-refractivity contribution >= 4 is 11.7 Å². The van der Waals surface area contributed by atoms with Crippen LogP contribution in [0.3, 0.4) is 0 Å². The Bertz CT molecular complexity index is 662. The molecule has 0 bridgehead atoms. The summed E-state index contributed by atoms with van der Waals surface area (Å²) >= 11 is 0. The van der Waals surface area contributed by atoms with Crippen LogP contribution in [0.4, 0.5) is 0 Å². The molecule has 2 unspecified atom stereocenters. The van der Waals surface area contributed by atoms with E-state index in [2.05, 4.69) is 10.3 Å². The molecule has 2 rings (SSSR count). The number of carbonyl (C=O) groups is 2. The number of nitrogens with one attached hydrogen (secondary N) is 2. The number of aromatic nitrogens is 1. The molecule has 2 aromatic rings. The molecule has 1 heterocycles. The van der Waals surface area contributed by atoms with Crippen LogP contribution in [0.25, 0.3) is 0 Å². The van der Waals surface area contributed by atoms with Crippen LogP contribution in [0.15, 0.2) is 42.6 Å². The lowest BCUT2D eigenvalue weighted by Crippen LogP contribution is -2.30.